The van der Waals surface area contributed by atoms with E-state index in [9.17, 15) is 9.59 Å². The Morgan fingerprint density at radius 3 is 2.83 bits per heavy atom. The summed E-state index contributed by atoms with van der Waals surface area (Å²) in [6, 6.07) is 7.51. The maximum absolute atomic E-state index is 12.6. The Kier molecular flexibility index (Phi) is 4.89. The van der Waals surface area contributed by atoms with Crippen molar-refractivity contribution in [2.45, 2.75) is 31.3 Å². The van der Waals surface area contributed by atoms with Crippen LogP contribution in [0.15, 0.2) is 34.2 Å². The van der Waals surface area contributed by atoms with Crippen molar-refractivity contribution in [3.63, 3.8) is 0 Å². The third kappa shape index (κ3) is 3.17. The number of ether oxygens (including phenoxy) is 1. The number of hydrogen-bond donors (Lipinski definition) is 2. The molecule has 6 nitrogen and oxygen atoms in total. The SMILES string of the molecule is CCOc1ccccc1[C@@H]1CC(=O)Nc2nc(SCC)[nH]c(=O)c21. The second-order valence-electron chi connectivity index (χ2n) is 5.34. The normalized spacial score (nSPS) is 16.4. The number of H-pyrrole nitrogens is 1. The Bertz CT molecular complexity index is 819. The summed E-state index contributed by atoms with van der Waals surface area (Å²) >= 11 is 1.43. The number of aromatic amines is 1. The number of nitrogens with zero attached hydrogens (tertiary/aromatic N) is 1. The van der Waals surface area contributed by atoms with Gasteiger partial charge in [0, 0.05) is 17.9 Å². The van der Waals surface area contributed by atoms with Crippen LogP contribution in [0, 0.1) is 0 Å². The van der Waals surface area contributed by atoms with E-state index >= 15 is 0 Å². The van der Waals surface area contributed by atoms with Crippen LogP contribution < -0.4 is 15.6 Å². The Labute approximate surface area is 144 Å². The van der Waals surface area contributed by atoms with E-state index in [1.807, 2.05) is 38.1 Å². The number of nitrogens with one attached hydrogen (secondary N) is 2. The van der Waals surface area contributed by atoms with Crippen LogP contribution in [0.1, 0.15) is 37.3 Å². The first-order chi connectivity index (χ1) is 11.6. The minimum Gasteiger partial charge on any atom is -0.494 e. The van der Waals surface area contributed by atoms with Gasteiger partial charge in [0.1, 0.15) is 11.6 Å². The predicted molar refractivity (Wildman–Crippen MR) is 94.0 cm³/mol. The van der Waals surface area contributed by atoms with Gasteiger partial charge in [0.25, 0.3) is 5.56 Å². The maximum atomic E-state index is 12.6. The molecular weight excluding hydrogens is 326 g/mol. The highest BCUT2D eigenvalue weighted by atomic mass is 32.2. The smallest absolute Gasteiger partial charge is 0.257 e. The molecule has 1 aliphatic rings. The molecule has 1 amide bonds. The molecule has 2 aromatic rings. The lowest BCUT2D eigenvalue weighted by molar-refractivity contribution is -0.116. The number of benzene rings is 1. The highest BCUT2D eigenvalue weighted by molar-refractivity contribution is 7.99. The van der Waals surface area contributed by atoms with Crippen LogP contribution >= 0.6 is 11.8 Å². The largest absolute Gasteiger partial charge is 0.494 e. The molecule has 0 spiro atoms. The summed E-state index contributed by atoms with van der Waals surface area (Å²) in [5.41, 5.74) is 1.10. The van der Waals surface area contributed by atoms with Crippen LogP contribution in [0.2, 0.25) is 0 Å². The molecule has 1 aromatic heterocycles. The summed E-state index contributed by atoms with van der Waals surface area (Å²) in [6.45, 7) is 4.40. The van der Waals surface area contributed by atoms with Gasteiger partial charge in [-0.3, -0.25) is 9.59 Å². The quantitative estimate of drug-likeness (QED) is 0.643. The Hall–Kier alpha value is -2.28. The summed E-state index contributed by atoms with van der Waals surface area (Å²) < 4.78 is 5.67. The average Bonchev–Trinajstić information content (AvgIpc) is 2.55. The molecule has 0 saturated heterocycles. The fourth-order valence-electron chi connectivity index (χ4n) is 2.88. The molecule has 2 heterocycles. The molecule has 0 fully saturated rings. The number of aromatic nitrogens is 2. The standard InChI is InChI=1S/C17H19N3O3S/c1-3-23-12-8-6-5-7-10(12)11-9-13(21)18-15-14(11)16(22)20-17(19-15)24-4-2/h5-8,11H,3-4,9H2,1-2H3,(H2,18,19,20,21,22)/t11-/m0/s1. The number of rotatable bonds is 5. The van der Waals surface area contributed by atoms with Crippen LogP contribution in [0.25, 0.3) is 0 Å². The lowest BCUT2D eigenvalue weighted by atomic mass is 9.86. The minimum absolute atomic E-state index is 0.149. The van der Waals surface area contributed by atoms with Crippen molar-refractivity contribution in [1.29, 1.82) is 0 Å². The first kappa shape index (κ1) is 16.6. The molecule has 1 atom stereocenters. The second kappa shape index (κ2) is 7.09. The molecule has 0 unspecified atom stereocenters. The molecule has 2 N–H and O–H groups in total. The van der Waals surface area contributed by atoms with E-state index in [1.165, 1.54) is 11.8 Å². The first-order valence-corrected chi connectivity index (χ1v) is 8.91. The lowest BCUT2D eigenvalue weighted by Crippen LogP contribution is -2.31. The van der Waals surface area contributed by atoms with Crippen LogP contribution in [-0.2, 0) is 4.79 Å². The molecule has 0 bridgehead atoms. The molecule has 24 heavy (non-hydrogen) atoms. The van der Waals surface area contributed by atoms with Crippen molar-refractivity contribution >= 4 is 23.5 Å². The van der Waals surface area contributed by atoms with Gasteiger partial charge in [-0.05, 0) is 18.7 Å². The Balaban J connectivity index is 2.13. The number of carbonyl (C=O) groups is 1. The van der Waals surface area contributed by atoms with Crippen molar-refractivity contribution in [1.82, 2.24) is 9.97 Å². The van der Waals surface area contributed by atoms with Gasteiger partial charge in [0.2, 0.25) is 5.91 Å². The van der Waals surface area contributed by atoms with E-state index in [2.05, 4.69) is 15.3 Å². The van der Waals surface area contributed by atoms with Crippen molar-refractivity contribution < 1.29 is 9.53 Å². The molecule has 7 heteroatoms. The predicted octanol–water partition coefficient (Wildman–Crippen LogP) is 2.75. The zero-order chi connectivity index (χ0) is 17.1. The highest BCUT2D eigenvalue weighted by Crippen LogP contribution is 2.38. The molecule has 1 aliphatic heterocycles. The number of amides is 1. The van der Waals surface area contributed by atoms with E-state index < -0.39 is 0 Å². The third-order valence-electron chi connectivity index (χ3n) is 3.80. The fraction of sp³-hybridized carbons (Fsp3) is 0.353. The topological polar surface area (TPSA) is 84.1 Å². The summed E-state index contributed by atoms with van der Waals surface area (Å²) in [6.07, 6.45) is 0.197. The van der Waals surface area contributed by atoms with Crippen LogP contribution in [0.4, 0.5) is 5.82 Å². The van der Waals surface area contributed by atoms with Crippen LogP contribution in [-0.4, -0.2) is 28.2 Å². The average molecular weight is 345 g/mol. The summed E-state index contributed by atoms with van der Waals surface area (Å²) in [4.78, 5) is 32.0. The zero-order valence-corrected chi connectivity index (χ0v) is 14.4. The second-order valence-corrected chi connectivity index (χ2v) is 6.59. The van der Waals surface area contributed by atoms with Gasteiger partial charge in [-0.2, -0.15) is 0 Å². The van der Waals surface area contributed by atoms with Crippen molar-refractivity contribution in [2.24, 2.45) is 0 Å². The van der Waals surface area contributed by atoms with Gasteiger partial charge in [0.05, 0.1) is 12.2 Å². The van der Waals surface area contributed by atoms with Crippen molar-refractivity contribution in [3.05, 3.63) is 45.7 Å². The zero-order valence-electron chi connectivity index (χ0n) is 13.6. The number of para-hydroxylation sites is 1. The van der Waals surface area contributed by atoms with E-state index in [-0.39, 0.29) is 23.8 Å². The van der Waals surface area contributed by atoms with Crippen LogP contribution in [0.3, 0.4) is 0 Å². The van der Waals surface area contributed by atoms with Gasteiger partial charge in [-0.1, -0.05) is 36.9 Å². The number of thioether (sulfide) groups is 1. The van der Waals surface area contributed by atoms with Gasteiger partial charge in [0.15, 0.2) is 5.16 Å². The number of fused-ring (bicyclic) bond motifs is 1. The van der Waals surface area contributed by atoms with Gasteiger partial charge < -0.3 is 15.0 Å². The fourth-order valence-corrected chi connectivity index (χ4v) is 3.47. The van der Waals surface area contributed by atoms with E-state index in [1.54, 1.807) is 0 Å². The number of hydrogen-bond acceptors (Lipinski definition) is 5. The molecule has 0 aliphatic carbocycles. The number of anilines is 1. The molecule has 126 valence electrons. The van der Waals surface area contributed by atoms with E-state index in [0.717, 1.165) is 11.3 Å². The van der Waals surface area contributed by atoms with E-state index in [4.69, 9.17) is 4.74 Å². The first-order valence-electron chi connectivity index (χ1n) is 7.92. The maximum Gasteiger partial charge on any atom is 0.257 e. The monoisotopic (exact) mass is 345 g/mol. The lowest BCUT2D eigenvalue weighted by Gasteiger charge is -2.25. The highest BCUT2D eigenvalue weighted by Gasteiger charge is 2.32. The van der Waals surface area contributed by atoms with Gasteiger partial charge in [-0.25, -0.2) is 4.98 Å². The molecule has 1 aromatic carbocycles. The van der Waals surface area contributed by atoms with Gasteiger partial charge >= 0.3 is 0 Å². The molecular formula is C17H19N3O3S. The Morgan fingerprint density at radius 2 is 2.08 bits per heavy atom. The van der Waals surface area contributed by atoms with Crippen molar-refractivity contribution in [2.75, 3.05) is 17.7 Å². The third-order valence-corrected chi connectivity index (χ3v) is 4.56. The van der Waals surface area contributed by atoms with E-state index in [0.29, 0.717) is 28.9 Å². The minimum atomic E-state index is -0.367. The molecule has 0 radical (unpaired) electrons. The summed E-state index contributed by atoms with van der Waals surface area (Å²) in [5.74, 6) is 1.31. The summed E-state index contributed by atoms with van der Waals surface area (Å²) in [7, 11) is 0. The number of carbonyl (C=O) groups excluding carboxylic acids is 1. The van der Waals surface area contributed by atoms with Gasteiger partial charge in [-0.15, -0.1) is 0 Å². The Morgan fingerprint density at radius 1 is 1.29 bits per heavy atom. The molecule has 0 saturated carbocycles. The van der Waals surface area contributed by atoms with Crippen molar-refractivity contribution in [3.8, 4) is 5.75 Å². The summed E-state index contributed by atoms with van der Waals surface area (Å²) in [5, 5.41) is 3.24. The van der Waals surface area contributed by atoms with Crippen LogP contribution in [0.5, 0.6) is 5.75 Å². The molecule has 3 rings (SSSR count).